The molecule has 2 aromatic rings. The quantitative estimate of drug-likeness (QED) is 0.588. The third-order valence-electron chi connectivity index (χ3n) is 2.82. The molecule has 0 saturated carbocycles. The first-order valence-corrected chi connectivity index (χ1v) is 5.76. The standard InChI is InChI=1S/C13H10N2O6.K.H2O.H/c1-6-2-4-7(5-3-6)15-9(12(19)20)8(11(17)18)10(16)14-13(15)21;;;/h2-5H,1H3,(H,17,18)(H,19,20)(H,14,16,21);;1H2;. The summed E-state index contributed by atoms with van der Waals surface area (Å²) in [7, 11) is 0. The predicted octanol–water partition coefficient (Wildman–Crippen LogP) is -1.24. The van der Waals surface area contributed by atoms with Crippen molar-refractivity contribution in [2.75, 3.05) is 0 Å². The van der Waals surface area contributed by atoms with Crippen molar-refractivity contribution in [1.82, 2.24) is 9.55 Å². The van der Waals surface area contributed by atoms with Gasteiger partial charge >= 0.3 is 69.0 Å². The first kappa shape index (κ1) is 21.4. The minimum absolute atomic E-state index is 0. The molecule has 0 fully saturated rings. The van der Waals surface area contributed by atoms with Crippen LogP contribution in [0.5, 0.6) is 0 Å². The number of aryl methyl sites for hydroxylation is 1. The van der Waals surface area contributed by atoms with Gasteiger partial charge < -0.3 is 15.7 Å². The molecule has 0 aliphatic rings. The predicted molar refractivity (Wildman–Crippen MR) is 82.1 cm³/mol. The minimum atomic E-state index is -1.73. The van der Waals surface area contributed by atoms with Crippen LogP contribution in [0.1, 0.15) is 26.4 Å². The van der Waals surface area contributed by atoms with E-state index in [4.69, 9.17) is 5.11 Å². The molecule has 0 spiro atoms. The molecule has 0 bridgehead atoms. The molecule has 0 amide bonds. The summed E-state index contributed by atoms with van der Waals surface area (Å²) in [6.45, 7) is 1.79. The van der Waals surface area contributed by atoms with E-state index in [0.29, 0.717) is 4.57 Å². The van der Waals surface area contributed by atoms with Gasteiger partial charge in [-0.25, -0.2) is 14.4 Å². The van der Waals surface area contributed by atoms with E-state index >= 15 is 0 Å². The van der Waals surface area contributed by atoms with Crippen molar-refractivity contribution in [3.63, 3.8) is 0 Å². The van der Waals surface area contributed by atoms with Gasteiger partial charge in [-0.3, -0.25) is 14.3 Å². The van der Waals surface area contributed by atoms with Gasteiger partial charge in [-0.15, -0.1) is 0 Å². The van der Waals surface area contributed by atoms with E-state index in [0.717, 1.165) is 5.56 Å². The summed E-state index contributed by atoms with van der Waals surface area (Å²) in [5.41, 5.74) is -3.16. The number of aromatic nitrogens is 2. The first-order valence-electron chi connectivity index (χ1n) is 5.76. The summed E-state index contributed by atoms with van der Waals surface area (Å²) in [4.78, 5) is 47.6. The Balaban J connectivity index is 0.00000242. The van der Waals surface area contributed by atoms with E-state index in [1.807, 2.05) is 0 Å². The van der Waals surface area contributed by atoms with Gasteiger partial charge in [-0.2, -0.15) is 0 Å². The molecule has 1 aromatic carbocycles. The monoisotopic (exact) mass is 348 g/mol. The molecule has 0 atom stereocenters. The topological polar surface area (TPSA) is 161 Å². The second-order valence-electron chi connectivity index (χ2n) is 4.26. The second-order valence-corrected chi connectivity index (χ2v) is 4.26. The van der Waals surface area contributed by atoms with Gasteiger partial charge in [0.15, 0.2) is 11.3 Å². The fraction of sp³-hybridized carbons (Fsp3) is 0.0769. The van der Waals surface area contributed by atoms with Gasteiger partial charge in [0.2, 0.25) is 0 Å². The van der Waals surface area contributed by atoms with Crippen LogP contribution in [-0.2, 0) is 0 Å². The van der Waals surface area contributed by atoms with Crippen LogP contribution in [0, 0.1) is 6.92 Å². The average molecular weight is 348 g/mol. The molecule has 118 valence electrons. The number of carboxylic acid groups (broad SMARTS) is 2. The maximum absolute atomic E-state index is 11.9. The summed E-state index contributed by atoms with van der Waals surface area (Å²) in [6.07, 6.45) is 0. The Morgan fingerprint density at radius 2 is 1.57 bits per heavy atom. The summed E-state index contributed by atoms with van der Waals surface area (Å²) in [5.74, 6) is -3.41. The second kappa shape index (κ2) is 8.33. The van der Waals surface area contributed by atoms with Gasteiger partial charge in [-0.05, 0) is 19.1 Å². The Hall–Kier alpha value is -1.56. The maximum atomic E-state index is 11.9. The van der Waals surface area contributed by atoms with E-state index < -0.39 is 34.4 Å². The van der Waals surface area contributed by atoms with Crippen molar-refractivity contribution in [1.29, 1.82) is 0 Å². The van der Waals surface area contributed by atoms with E-state index in [-0.39, 0.29) is 62.5 Å². The number of hydrogen-bond acceptors (Lipinski definition) is 4. The van der Waals surface area contributed by atoms with E-state index in [1.165, 1.54) is 12.1 Å². The number of carboxylic acids is 2. The molecule has 10 heteroatoms. The molecule has 0 unspecified atom stereocenters. The van der Waals surface area contributed by atoms with Crippen LogP contribution in [0.3, 0.4) is 0 Å². The van der Waals surface area contributed by atoms with Crippen molar-refractivity contribution in [3.8, 4) is 5.69 Å². The number of H-pyrrole nitrogens is 1. The van der Waals surface area contributed by atoms with Crippen LogP contribution in [0.4, 0.5) is 0 Å². The van der Waals surface area contributed by atoms with Crippen molar-refractivity contribution >= 4 is 63.3 Å². The van der Waals surface area contributed by atoms with Crippen LogP contribution in [0.15, 0.2) is 33.9 Å². The van der Waals surface area contributed by atoms with E-state index in [9.17, 15) is 24.3 Å². The van der Waals surface area contributed by atoms with Gasteiger partial charge in [0.25, 0.3) is 5.56 Å². The summed E-state index contributed by atoms with van der Waals surface area (Å²) in [5, 5.41) is 18.2. The van der Waals surface area contributed by atoms with Crippen molar-refractivity contribution < 1.29 is 25.3 Å². The molecule has 0 saturated heterocycles. The molecule has 1 heterocycles. The van der Waals surface area contributed by atoms with Crippen LogP contribution < -0.4 is 11.2 Å². The Morgan fingerprint density at radius 1 is 1.04 bits per heavy atom. The number of nitrogens with one attached hydrogen (secondary N) is 1. The molecule has 5 N–H and O–H groups in total. The SMILES string of the molecule is Cc1ccc(-n2c(C(=O)O)c(C(=O)O)c(=O)[nH]c2=O)cc1.O.[KH]. The third kappa shape index (κ3) is 4.25. The molecule has 0 aliphatic carbocycles. The molecular weight excluding hydrogens is 335 g/mol. The molecular formula is C13H13KN2O7. The van der Waals surface area contributed by atoms with E-state index in [1.54, 1.807) is 24.0 Å². The van der Waals surface area contributed by atoms with Gasteiger partial charge in [0, 0.05) is 0 Å². The molecule has 2 rings (SSSR count). The Morgan fingerprint density at radius 3 is 2.00 bits per heavy atom. The zero-order chi connectivity index (χ0) is 15.7. The number of hydrogen-bond donors (Lipinski definition) is 3. The Kier molecular flexibility index (Phi) is 7.77. The number of benzene rings is 1. The van der Waals surface area contributed by atoms with Gasteiger partial charge in [0.05, 0.1) is 5.69 Å². The fourth-order valence-electron chi connectivity index (χ4n) is 1.88. The summed E-state index contributed by atoms with van der Waals surface area (Å²) in [6, 6.07) is 6.15. The fourth-order valence-corrected chi connectivity index (χ4v) is 1.88. The Bertz CT molecular complexity index is 852. The molecule has 0 aliphatic heterocycles. The molecule has 9 nitrogen and oxygen atoms in total. The van der Waals surface area contributed by atoms with Crippen molar-refractivity contribution in [2.45, 2.75) is 6.92 Å². The van der Waals surface area contributed by atoms with E-state index in [2.05, 4.69) is 0 Å². The third-order valence-corrected chi connectivity index (χ3v) is 2.82. The molecule has 1 aromatic heterocycles. The normalized spacial score (nSPS) is 9.43. The van der Waals surface area contributed by atoms with Gasteiger partial charge in [-0.1, -0.05) is 17.7 Å². The van der Waals surface area contributed by atoms with Crippen molar-refractivity contribution in [3.05, 3.63) is 61.9 Å². The van der Waals surface area contributed by atoms with Crippen LogP contribution in [0.2, 0.25) is 0 Å². The molecule has 23 heavy (non-hydrogen) atoms. The van der Waals surface area contributed by atoms with Crippen LogP contribution in [-0.4, -0.2) is 88.6 Å². The van der Waals surface area contributed by atoms with Crippen LogP contribution in [0.25, 0.3) is 5.69 Å². The summed E-state index contributed by atoms with van der Waals surface area (Å²) >= 11 is 0. The number of nitrogens with zero attached hydrogens (tertiary/aromatic N) is 1. The van der Waals surface area contributed by atoms with Crippen LogP contribution >= 0.6 is 0 Å². The summed E-state index contributed by atoms with van der Waals surface area (Å²) < 4.78 is 0.645. The zero-order valence-electron chi connectivity index (χ0n) is 11.3. The number of aromatic carboxylic acids is 2. The Labute approximate surface area is 171 Å². The van der Waals surface area contributed by atoms with Gasteiger partial charge in [0.1, 0.15) is 0 Å². The zero-order valence-corrected chi connectivity index (χ0v) is 11.3. The average Bonchev–Trinajstić information content (AvgIpc) is 2.38. The first-order chi connectivity index (χ1) is 9.82. The number of rotatable bonds is 3. The number of aromatic amines is 1. The number of carbonyl (C=O) groups is 2. The van der Waals surface area contributed by atoms with Crippen molar-refractivity contribution in [2.24, 2.45) is 0 Å². The molecule has 0 radical (unpaired) electrons.